The van der Waals surface area contributed by atoms with Crippen LogP contribution in [0.4, 0.5) is 0 Å². The number of aromatic nitrogens is 2. The number of H-pyrrole nitrogens is 1. The molecule has 112 valence electrons. The van der Waals surface area contributed by atoms with Gasteiger partial charge in [-0.05, 0) is 25.5 Å². The summed E-state index contributed by atoms with van der Waals surface area (Å²) in [6.45, 7) is 6.91. The van der Waals surface area contributed by atoms with Gasteiger partial charge in [0.15, 0.2) is 0 Å². The number of hydrogen-bond acceptors (Lipinski definition) is 3. The molecule has 1 aliphatic heterocycles. The fourth-order valence-corrected chi connectivity index (χ4v) is 2.63. The Morgan fingerprint density at radius 1 is 1.33 bits per heavy atom. The number of aromatic amines is 1. The number of hydrogen-bond donors (Lipinski definition) is 2. The van der Waals surface area contributed by atoms with Crippen molar-refractivity contribution in [3.05, 3.63) is 35.2 Å². The Balaban J connectivity index is 1.92. The van der Waals surface area contributed by atoms with Gasteiger partial charge < -0.3 is 15.0 Å². The lowest BCUT2D eigenvalue weighted by Crippen LogP contribution is -2.23. The average molecular weight is 285 g/mol. The third-order valence-electron chi connectivity index (χ3n) is 3.85. The summed E-state index contributed by atoms with van der Waals surface area (Å²) in [5, 5.41) is 3.37. The third kappa shape index (κ3) is 3.10. The van der Waals surface area contributed by atoms with Crippen LogP contribution < -0.4 is 10.1 Å². The first-order valence-corrected chi connectivity index (χ1v) is 7.80. The van der Waals surface area contributed by atoms with Crippen molar-refractivity contribution in [2.75, 3.05) is 13.2 Å². The highest BCUT2D eigenvalue weighted by atomic mass is 16.5. The molecule has 0 saturated heterocycles. The molecule has 1 aliphatic rings. The number of fused-ring (bicyclic) bond motifs is 1. The molecular formula is C17H23N3O. The second kappa shape index (κ2) is 6.31. The Kier molecular flexibility index (Phi) is 4.25. The molecule has 2 aromatic rings. The number of nitrogens with zero attached hydrogens (tertiary/aromatic N) is 1. The topological polar surface area (TPSA) is 49.9 Å². The molecule has 2 heterocycles. The summed E-state index contributed by atoms with van der Waals surface area (Å²) in [4.78, 5) is 8.23. The monoisotopic (exact) mass is 285 g/mol. The molecule has 0 spiro atoms. The highest BCUT2D eigenvalue weighted by Crippen LogP contribution is 2.30. The van der Waals surface area contributed by atoms with Crippen molar-refractivity contribution >= 4 is 0 Å². The van der Waals surface area contributed by atoms with Gasteiger partial charge in [-0.3, -0.25) is 0 Å². The molecule has 1 aromatic heterocycles. The second-order valence-electron chi connectivity index (χ2n) is 5.64. The maximum absolute atomic E-state index is 5.94. The Labute approximate surface area is 125 Å². The molecule has 0 amide bonds. The van der Waals surface area contributed by atoms with E-state index in [0.717, 1.165) is 56.1 Å². The van der Waals surface area contributed by atoms with Crippen molar-refractivity contribution in [3.63, 3.8) is 0 Å². The average Bonchev–Trinajstić information content (AvgIpc) is 2.92. The summed E-state index contributed by atoms with van der Waals surface area (Å²) in [6, 6.07) is 6.30. The SMILES string of the molecule is CCCCOc1ccc(C)cc1-c1nc2c([nH]1)CNCC2. The number of imidazole rings is 1. The summed E-state index contributed by atoms with van der Waals surface area (Å²) in [6.07, 6.45) is 3.21. The molecule has 0 saturated carbocycles. The third-order valence-corrected chi connectivity index (χ3v) is 3.85. The van der Waals surface area contributed by atoms with Crippen LogP contribution in [0.5, 0.6) is 5.75 Å². The van der Waals surface area contributed by atoms with Gasteiger partial charge in [-0.1, -0.05) is 25.0 Å². The first-order valence-electron chi connectivity index (χ1n) is 7.80. The van der Waals surface area contributed by atoms with E-state index in [1.165, 1.54) is 17.0 Å². The van der Waals surface area contributed by atoms with Crippen LogP contribution in [-0.4, -0.2) is 23.1 Å². The lowest BCUT2D eigenvalue weighted by atomic mass is 10.1. The highest BCUT2D eigenvalue weighted by Gasteiger charge is 2.17. The van der Waals surface area contributed by atoms with E-state index in [-0.39, 0.29) is 0 Å². The normalized spacial score (nSPS) is 14.0. The zero-order valence-corrected chi connectivity index (χ0v) is 12.8. The standard InChI is InChI=1S/C17H23N3O/c1-3-4-9-21-16-6-5-12(2)10-13(16)17-19-14-7-8-18-11-15(14)20-17/h5-6,10,18H,3-4,7-9,11H2,1-2H3,(H,19,20). The molecule has 2 N–H and O–H groups in total. The van der Waals surface area contributed by atoms with Gasteiger partial charge in [0.2, 0.25) is 0 Å². The Morgan fingerprint density at radius 3 is 3.05 bits per heavy atom. The number of benzene rings is 1. The van der Waals surface area contributed by atoms with Gasteiger partial charge in [0, 0.05) is 19.5 Å². The van der Waals surface area contributed by atoms with Crippen LogP contribution in [-0.2, 0) is 13.0 Å². The summed E-state index contributed by atoms with van der Waals surface area (Å²) in [5.41, 5.74) is 4.68. The molecule has 4 nitrogen and oxygen atoms in total. The van der Waals surface area contributed by atoms with Crippen molar-refractivity contribution in [3.8, 4) is 17.1 Å². The number of ether oxygens (including phenoxy) is 1. The second-order valence-corrected chi connectivity index (χ2v) is 5.64. The number of nitrogens with one attached hydrogen (secondary N) is 2. The molecule has 0 aliphatic carbocycles. The van der Waals surface area contributed by atoms with Gasteiger partial charge in [-0.15, -0.1) is 0 Å². The molecule has 4 heteroatoms. The quantitative estimate of drug-likeness (QED) is 0.829. The zero-order chi connectivity index (χ0) is 14.7. The van der Waals surface area contributed by atoms with E-state index in [1.807, 2.05) is 0 Å². The van der Waals surface area contributed by atoms with Gasteiger partial charge in [0.1, 0.15) is 11.6 Å². The molecule has 0 fully saturated rings. The predicted molar refractivity (Wildman–Crippen MR) is 84.6 cm³/mol. The Morgan fingerprint density at radius 2 is 2.24 bits per heavy atom. The van der Waals surface area contributed by atoms with Crippen molar-refractivity contribution in [2.45, 2.75) is 39.7 Å². The zero-order valence-electron chi connectivity index (χ0n) is 12.8. The smallest absolute Gasteiger partial charge is 0.141 e. The maximum atomic E-state index is 5.94. The minimum atomic E-state index is 0.758. The van der Waals surface area contributed by atoms with Crippen molar-refractivity contribution in [1.82, 2.24) is 15.3 Å². The fraction of sp³-hybridized carbons (Fsp3) is 0.471. The lowest BCUT2D eigenvalue weighted by molar-refractivity contribution is 0.310. The van der Waals surface area contributed by atoms with Crippen LogP contribution in [0.1, 0.15) is 36.7 Å². The minimum absolute atomic E-state index is 0.758. The van der Waals surface area contributed by atoms with E-state index in [0.29, 0.717) is 0 Å². The van der Waals surface area contributed by atoms with Gasteiger partial charge in [0.25, 0.3) is 0 Å². The first-order chi connectivity index (χ1) is 10.3. The van der Waals surface area contributed by atoms with E-state index < -0.39 is 0 Å². The lowest BCUT2D eigenvalue weighted by Gasteiger charge is -2.10. The molecule has 1 aromatic carbocycles. The summed E-state index contributed by atoms with van der Waals surface area (Å²) < 4.78 is 5.94. The largest absolute Gasteiger partial charge is 0.493 e. The van der Waals surface area contributed by atoms with E-state index >= 15 is 0 Å². The van der Waals surface area contributed by atoms with E-state index in [4.69, 9.17) is 9.72 Å². The van der Waals surface area contributed by atoms with Gasteiger partial charge in [0.05, 0.1) is 23.6 Å². The van der Waals surface area contributed by atoms with E-state index in [2.05, 4.69) is 42.3 Å². The van der Waals surface area contributed by atoms with Gasteiger partial charge >= 0.3 is 0 Å². The summed E-state index contributed by atoms with van der Waals surface area (Å²) >= 11 is 0. The Hall–Kier alpha value is -1.81. The van der Waals surface area contributed by atoms with Crippen LogP contribution in [0.3, 0.4) is 0 Å². The summed E-state index contributed by atoms with van der Waals surface area (Å²) in [5.74, 6) is 1.85. The predicted octanol–water partition coefficient (Wildman–Crippen LogP) is 3.21. The Bertz CT molecular complexity index is 595. The van der Waals surface area contributed by atoms with Crippen molar-refractivity contribution < 1.29 is 4.74 Å². The molecule has 0 atom stereocenters. The van der Waals surface area contributed by atoms with Crippen LogP contribution in [0.15, 0.2) is 18.2 Å². The van der Waals surface area contributed by atoms with Gasteiger partial charge in [-0.25, -0.2) is 4.98 Å². The molecule has 21 heavy (non-hydrogen) atoms. The van der Waals surface area contributed by atoms with E-state index in [1.54, 1.807) is 0 Å². The highest BCUT2D eigenvalue weighted by molar-refractivity contribution is 5.66. The number of unbranched alkanes of at least 4 members (excludes halogenated alkanes) is 1. The first kappa shape index (κ1) is 14.1. The fourth-order valence-electron chi connectivity index (χ4n) is 2.63. The molecular weight excluding hydrogens is 262 g/mol. The molecule has 3 rings (SSSR count). The molecule has 0 radical (unpaired) electrons. The van der Waals surface area contributed by atoms with Crippen LogP contribution in [0.2, 0.25) is 0 Å². The number of rotatable bonds is 5. The van der Waals surface area contributed by atoms with Crippen LogP contribution >= 0.6 is 0 Å². The number of aryl methyl sites for hydroxylation is 1. The summed E-state index contributed by atoms with van der Waals surface area (Å²) in [7, 11) is 0. The maximum Gasteiger partial charge on any atom is 0.141 e. The minimum Gasteiger partial charge on any atom is -0.493 e. The van der Waals surface area contributed by atoms with Crippen LogP contribution in [0, 0.1) is 6.92 Å². The molecule has 0 bridgehead atoms. The molecule has 0 unspecified atom stereocenters. The van der Waals surface area contributed by atoms with E-state index in [9.17, 15) is 0 Å². The van der Waals surface area contributed by atoms with Crippen LogP contribution in [0.25, 0.3) is 11.4 Å². The van der Waals surface area contributed by atoms with Gasteiger partial charge in [-0.2, -0.15) is 0 Å². The van der Waals surface area contributed by atoms with Crippen molar-refractivity contribution in [2.24, 2.45) is 0 Å². The van der Waals surface area contributed by atoms with Crippen molar-refractivity contribution in [1.29, 1.82) is 0 Å².